The maximum Gasteiger partial charge on any atom is 0.417 e. The number of benzene rings is 2. The fourth-order valence-corrected chi connectivity index (χ4v) is 6.71. The molecule has 32 heavy (non-hydrogen) atoms. The molecule has 0 saturated heterocycles. The number of nitrogens with one attached hydrogen (secondary N) is 1. The number of rotatable bonds is 6. The van der Waals surface area contributed by atoms with Gasteiger partial charge in [0, 0.05) is 6.54 Å². The minimum Gasteiger partial charge on any atom is -0.223 e. The zero-order valence-electron chi connectivity index (χ0n) is 16.1. The summed E-state index contributed by atoms with van der Waals surface area (Å²) in [6.07, 6.45) is -9.67. The zero-order valence-corrected chi connectivity index (χ0v) is 17.7. The van der Waals surface area contributed by atoms with Crippen molar-refractivity contribution in [3.63, 3.8) is 0 Å². The van der Waals surface area contributed by atoms with Gasteiger partial charge < -0.3 is 0 Å². The maximum absolute atomic E-state index is 13.1. The first-order valence-electron chi connectivity index (χ1n) is 9.19. The van der Waals surface area contributed by atoms with Gasteiger partial charge in [0.25, 0.3) is 0 Å². The van der Waals surface area contributed by atoms with Crippen molar-refractivity contribution < 1.29 is 43.2 Å². The van der Waals surface area contributed by atoms with Crippen LogP contribution in [0.15, 0.2) is 58.3 Å². The molecule has 3 rings (SSSR count). The predicted molar refractivity (Wildman–Crippen MR) is 102 cm³/mol. The third-order valence-electron chi connectivity index (χ3n) is 5.17. The molecule has 0 aliphatic heterocycles. The molecule has 0 radical (unpaired) electrons. The molecule has 1 saturated carbocycles. The lowest BCUT2D eigenvalue weighted by Gasteiger charge is -2.35. The van der Waals surface area contributed by atoms with Crippen LogP contribution in [-0.2, 0) is 32.2 Å². The van der Waals surface area contributed by atoms with Gasteiger partial charge in [0.1, 0.15) is 0 Å². The monoisotopic (exact) mass is 501 g/mol. The van der Waals surface area contributed by atoms with E-state index in [1.807, 2.05) is 0 Å². The Bertz CT molecular complexity index is 1200. The SMILES string of the molecule is O=S(=O)(NC[C@H]1C[C@H](S(=O)(=O)c2cccc(C(F)(F)F)c2)C1)c1ccccc1C(F)(F)F. The quantitative estimate of drug-likeness (QED) is 0.600. The summed E-state index contributed by atoms with van der Waals surface area (Å²) >= 11 is 0. The summed E-state index contributed by atoms with van der Waals surface area (Å²) in [5, 5.41) is -1.01. The maximum atomic E-state index is 13.1. The largest absolute Gasteiger partial charge is 0.417 e. The highest BCUT2D eigenvalue weighted by Crippen LogP contribution is 2.38. The van der Waals surface area contributed by atoms with E-state index in [-0.39, 0.29) is 19.4 Å². The van der Waals surface area contributed by atoms with Gasteiger partial charge in [0.2, 0.25) is 10.0 Å². The van der Waals surface area contributed by atoms with Crippen LogP contribution in [0, 0.1) is 5.92 Å². The van der Waals surface area contributed by atoms with Gasteiger partial charge in [-0.15, -0.1) is 0 Å². The van der Waals surface area contributed by atoms with Crippen molar-refractivity contribution in [2.75, 3.05) is 6.54 Å². The van der Waals surface area contributed by atoms with Crippen molar-refractivity contribution in [1.29, 1.82) is 0 Å². The average molecular weight is 501 g/mol. The molecule has 5 nitrogen and oxygen atoms in total. The molecule has 0 amide bonds. The third-order valence-corrected chi connectivity index (χ3v) is 8.82. The molecule has 0 aromatic heterocycles. The van der Waals surface area contributed by atoms with Crippen LogP contribution in [0.5, 0.6) is 0 Å². The Morgan fingerprint density at radius 1 is 0.844 bits per heavy atom. The molecule has 1 fully saturated rings. The number of halogens is 6. The lowest BCUT2D eigenvalue weighted by molar-refractivity contribution is -0.140. The van der Waals surface area contributed by atoms with E-state index in [1.54, 1.807) is 0 Å². The average Bonchev–Trinajstić information content (AvgIpc) is 2.65. The summed E-state index contributed by atoms with van der Waals surface area (Å²) in [7, 11) is -8.59. The molecular formula is C19H17F6NO4S2. The highest BCUT2D eigenvalue weighted by atomic mass is 32.2. The van der Waals surface area contributed by atoms with Crippen LogP contribution in [-0.4, -0.2) is 28.6 Å². The predicted octanol–water partition coefficient (Wildman–Crippen LogP) is 4.26. The molecule has 0 spiro atoms. The molecule has 13 heteroatoms. The van der Waals surface area contributed by atoms with E-state index >= 15 is 0 Å². The lowest BCUT2D eigenvalue weighted by atomic mass is 9.85. The molecule has 2 aromatic carbocycles. The molecule has 1 aliphatic rings. The topological polar surface area (TPSA) is 80.3 Å². The second-order valence-corrected chi connectivity index (χ2v) is 11.3. The van der Waals surface area contributed by atoms with Crippen molar-refractivity contribution in [2.24, 2.45) is 5.92 Å². The minimum atomic E-state index is -4.88. The van der Waals surface area contributed by atoms with Crippen molar-refractivity contribution >= 4 is 19.9 Å². The first-order chi connectivity index (χ1) is 14.6. The Morgan fingerprint density at radius 2 is 1.47 bits per heavy atom. The van der Waals surface area contributed by atoms with Gasteiger partial charge in [-0.1, -0.05) is 18.2 Å². The van der Waals surface area contributed by atoms with E-state index in [0.29, 0.717) is 12.1 Å². The van der Waals surface area contributed by atoms with Crippen LogP contribution in [0.4, 0.5) is 26.3 Å². The third kappa shape index (κ3) is 5.09. The van der Waals surface area contributed by atoms with E-state index in [2.05, 4.69) is 4.72 Å². The number of sulfone groups is 1. The normalized spacial score (nSPS) is 20.1. The Kier molecular flexibility index (Phi) is 6.39. The number of sulfonamides is 1. The van der Waals surface area contributed by atoms with Crippen molar-refractivity contribution in [3.05, 3.63) is 59.7 Å². The summed E-state index contributed by atoms with van der Waals surface area (Å²) in [5.41, 5.74) is -2.43. The summed E-state index contributed by atoms with van der Waals surface area (Å²) in [5.74, 6) is -0.492. The Labute approximate surface area is 180 Å². The molecule has 0 bridgehead atoms. The molecule has 2 aromatic rings. The summed E-state index contributed by atoms with van der Waals surface area (Å²) in [4.78, 5) is -1.43. The number of hydrogen-bond donors (Lipinski definition) is 1. The van der Waals surface area contributed by atoms with Gasteiger partial charge in [-0.3, -0.25) is 0 Å². The molecular weight excluding hydrogens is 484 g/mol. The van der Waals surface area contributed by atoms with Crippen molar-refractivity contribution in [2.45, 2.75) is 40.2 Å². The Balaban J connectivity index is 1.66. The van der Waals surface area contributed by atoms with Crippen LogP contribution >= 0.6 is 0 Å². The lowest BCUT2D eigenvalue weighted by Crippen LogP contribution is -2.42. The van der Waals surface area contributed by atoms with Crippen molar-refractivity contribution in [3.8, 4) is 0 Å². The van der Waals surface area contributed by atoms with E-state index in [4.69, 9.17) is 0 Å². The van der Waals surface area contributed by atoms with Gasteiger partial charge in [-0.05, 0) is 49.1 Å². The van der Waals surface area contributed by atoms with Crippen LogP contribution in [0.3, 0.4) is 0 Å². The van der Waals surface area contributed by atoms with E-state index < -0.39 is 64.3 Å². The number of alkyl halides is 6. The van der Waals surface area contributed by atoms with Crippen LogP contribution in [0.25, 0.3) is 0 Å². The van der Waals surface area contributed by atoms with Gasteiger partial charge in [-0.25, -0.2) is 21.6 Å². The van der Waals surface area contributed by atoms with Crippen LogP contribution < -0.4 is 4.72 Å². The summed E-state index contributed by atoms with van der Waals surface area (Å²) < 4.78 is 130. The Morgan fingerprint density at radius 3 is 2.06 bits per heavy atom. The smallest absolute Gasteiger partial charge is 0.223 e. The molecule has 176 valence electrons. The van der Waals surface area contributed by atoms with E-state index in [0.717, 1.165) is 36.4 Å². The first kappa shape index (κ1) is 24.5. The summed E-state index contributed by atoms with van der Waals surface area (Å²) in [6.45, 7) is -0.302. The van der Waals surface area contributed by atoms with E-state index in [1.165, 1.54) is 0 Å². The van der Waals surface area contributed by atoms with Crippen LogP contribution in [0.2, 0.25) is 0 Å². The fraction of sp³-hybridized carbons (Fsp3) is 0.368. The van der Waals surface area contributed by atoms with Gasteiger partial charge >= 0.3 is 12.4 Å². The van der Waals surface area contributed by atoms with Gasteiger partial charge in [0.15, 0.2) is 9.84 Å². The van der Waals surface area contributed by atoms with Crippen LogP contribution in [0.1, 0.15) is 24.0 Å². The second-order valence-electron chi connectivity index (χ2n) is 7.38. The fourth-order valence-electron chi connectivity index (χ4n) is 3.38. The highest BCUT2D eigenvalue weighted by Gasteiger charge is 2.42. The number of hydrogen-bond acceptors (Lipinski definition) is 4. The van der Waals surface area contributed by atoms with Gasteiger partial charge in [-0.2, -0.15) is 26.3 Å². The van der Waals surface area contributed by atoms with Crippen molar-refractivity contribution in [1.82, 2.24) is 4.72 Å². The molecule has 0 atom stereocenters. The first-order valence-corrected chi connectivity index (χ1v) is 12.2. The highest BCUT2D eigenvalue weighted by molar-refractivity contribution is 7.92. The van der Waals surface area contributed by atoms with E-state index in [9.17, 15) is 43.2 Å². The minimum absolute atomic E-state index is 0.0397. The molecule has 1 aliphatic carbocycles. The van der Waals surface area contributed by atoms with Gasteiger partial charge in [0.05, 0.1) is 26.2 Å². The molecule has 0 heterocycles. The molecule has 1 N–H and O–H groups in total. The second kappa shape index (κ2) is 8.34. The summed E-state index contributed by atoms with van der Waals surface area (Å²) in [6, 6.07) is 6.96. The zero-order chi connectivity index (χ0) is 23.9. The standard InChI is InChI=1S/C19H17F6NO4S2/c20-18(21,22)13-4-3-5-14(10-13)31(27,28)15-8-12(9-15)11-26-32(29,30)17-7-2-1-6-16(17)19(23,24)25/h1-7,10,12,15,26H,8-9,11H2/t12-,15-. The Hall–Kier alpha value is -2.12. The molecule has 0 unspecified atom stereocenters.